The van der Waals surface area contributed by atoms with Gasteiger partial charge in [0.1, 0.15) is 0 Å². The van der Waals surface area contributed by atoms with Gasteiger partial charge in [0.15, 0.2) is 0 Å². The molecule has 4 N–H and O–H groups in total. The van der Waals surface area contributed by atoms with Gasteiger partial charge >= 0.3 is 0 Å². The van der Waals surface area contributed by atoms with E-state index in [0.29, 0.717) is 37.1 Å². The molecule has 0 aromatic heterocycles. The summed E-state index contributed by atoms with van der Waals surface area (Å²) in [6.07, 6.45) is 3.09. The smallest absolute Gasteiger partial charge is 0.253 e. The molecule has 5 aromatic rings. The Morgan fingerprint density at radius 3 is 1.31 bits per heavy atom. The summed E-state index contributed by atoms with van der Waals surface area (Å²) >= 11 is 0. The molecular formula is C55H58N6O6. The summed E-state index contributed by atoms with van der Waals surface area (Å²) in [5.41, 5.74) is 5.20. The highest BCUT2D eigenvalue weighted by Crippen LogP contribution is 2.42. The zero-order chi connectivity index (χ0) is 46.3. The van der Waals surface area contributed by atoms with Crippen molar-refractivity contribution in [1.29, 1.82) is 0 Å². The van der Waals surface area contributed by atoms with Gasteiger partial charge in [-0.25, -0.2) is 0 Å². The highest BCUT2D eigenvalue weighted by Gasteiger charge is 2.47. The molecule has 2 heterocycles. The number of amides is 6. The van der Waals surface area contributed by atoms with Gasteiger partial charge in [0, 0.05) is 80.7 Å². The van der Waals surface area contributed by atoms with Crippen LogP contribution in [0.3, 0.4) is 0 Å². The van der Waals surface area contributed by atoms with E-state index in [2.05, 4.69) is 45.5 Å². The molecule has 4 aliphatic rings. The number of rotatable bonds is 17. The first-order valence-corrected chi connectivity index (χ1v) is 23.7. The molecule has 5 aromatic carbocycles. The summed E-state index contributed by atoms with van der Waals surface area (Å²) in [4.78, 5) is 86.2. The lowest BCUT2D eigenvalue weighted by atomic mass is 9.91. The van der Waals surface area contributed by atoms with Crippen molar-refractivity contribution in [1.82, 2.24) is 31.1 Å². The summed E-state index contributed by atoms with van der Waals surface area (Å²) in [6.45, 7) is 1.33. The van der Waals surface area contributed by atoms with Gasteiger partial charge in [0.05, 0.1) is 17.8 Å². The Bertz CT molecular complexity index is 2480. The first kappa shape index (κ1) is 45.1. The maximum Gasteiger partial charge on any atom is 0.253 e. The van der Waals surface area contributed by atoms with Crippen LogP contribution < -0.4 is 21.3 Å². The lowest BCUT2D eigenvalue weighted by Gasteiger charge is -2.18. The molecule has 67 heavy (non-hydrogen) atoms. The van der Waals surface area contributed by atoms with E-state index in [0.717, 1.165) is 24.0 Å². The molecule has 344 valence electrons. The molecule has 4 unspecified atom stereocenters. The Morgan fingerprint density at radius 2 is 0.851 bits per heavy atom. The Labute approximate surface area is 391 Å². The molecule has 8 atom stereocenters. The largest absolute Gasteiger partial charge is 0.355 e. The molecule has 12 nitrogen and oxygen atoms in total. The van der Waals surface area contributed by atoms with Gasteiger partial charge in [0.2, 0.25) is 23.6 Å². The number of likely N-dealkylation sites (tertiary alicyclic amines) is 2. The quantitative estimate of drug-likeness (QED) is 0.0965. The van der Waals surface area contributed by atoms with Crippen molar-refractivity contribution in [3.8, 4) is 0 Å². The number of nitrogens with one attached hydrogen (secondary N) is 4. The molecule has 2 aliphatic carbocycles. The fraction of sp³-hybridized carbons (Fsp3) is 0.345. The van der Waals surface area contributed by atoms with E-state index in [1.807, 2.05) is 97.1 Å². The minimum absolute atomic E-state index is 0.00140. The van der Waals surface area contributed by atoms with E-state index >= 15 is 0 Å². The van der Waals surface area contributed by atoms with Crippen LogP contribution in [0, 0.1) is 23.7 Å². The maximum absolute atomic E-state index is 14.1. The first-order chi connectivity index (χ1) is 32.7. The summed E-state index contributed by atoms with van der Waals surface area (Å²) < 4.78 is 0. The summed E-state index contributed by atoms with van der Waals surface area (Å²) in [6, 6.07) is 46.3. The van der Waals surface area contributed by atoms with Crippen molar-refractivity contribution >= 4 is 35.4 Å². The number of carbonyl (C=O) groups is 6. The summed E-state index contributed by atoms with van der Waals surface area (Å²) in [7, 11) is 0. The molecule has 0 bridgehead atoms. The lowest BCUT2D eigenvalue weighted by molar-refractivity contribution is -0.132. The van der Waals surface area contributed by atoms with Crippen LogP contribution in [-0.2, 0) is 32.0 Å². The Kier molecular flexibility index (Phi) is 13.9. The van der Waals surface area contributed by atoms with Crippen molar-refractivity contribution in [2.75, 3.05) is 39.3 Å². The van der Waals surface area contributed by atoms with Crippen molar-refractivity contribution in [3.05, 3.63) is 179 Å². The highest BCUT2D eigenvalue weighted by atomic mass is 16.2. The highest BCUT2D eigenvalue weighted by molar-refractivity contribution is 5.99. The third kappa shape index (κ3) is 11.1. The van der Waals surface area contributed by atoms with E-state index in [9.17, 15) is 28.8 Å². The van der Waals surface area contributed by atoms with Crippen LogP contribution in [0.2, 0.25) is 0 Å². The molecule has 6 amide bonds. The monoisotopic (exact) mass is 898 g/mol. The van der Waals surface area contributed by atoms with Gasteiger partial charge in [0.25, 0.3) is 11.8 Å². The van der Waals surface area contributed by atoms with Crippen molar-refractivity contribution in [3.63, 3.8) is 0 Å². The Balaban J connectivity index is 0.840. The number of hydrogen-bond acceptors (Lipinski definition) is 6. The van der Waals surface area contributed by atoms with E-state index in [-0.39, 0.29) is 97.9 Å². The van der Waals surface area contributed by atoms with E-state index in [1.54, 1.807) is 34.1 Å². The van der Waals surface area contributed by atoms with Crippen molar-refractivity contribution in [2.24, 2.45) is 23.7 Å². The zero-order valence-corrected chi connectivity index (χ0v) is 37.6. The van der Waals surface area contributed by atoms with Crippen LogP contribution in [0.4, 0.5) is 0 Å². The predicted molar refractivity (Wildman–Crippen MR) is 255 cm³/mol. The normalized spacial score (nSPS) is 23.8. The van der Waals surface area contributed by atoms with Gasteiger partial charge in [-0.1, -0.05) is 121 Å². The lowest BCUT2D eigenvalue weighted by Crippen LogP contribution is -2.42. The fourth-order valence-electron chi connectivity index (χ4n) is 10.0. The molecule has 2 saturated carbocycles. The van der Waals surface area contributed by atoms with E-state index in [1.165, 1.54) is 11.1 Å². The summed E-state index contributed by atoms with van der Waals surface area (Å²) in [5, 5.41) is 12.4. The third-order valence-electron chi connectivity index (χ3n) is 14.0. The topological polar surface area (TPSA) is 157 Å². The molecule has 2 saturated heterocycles. The molecular weight excluding hydrogens is 841 g/mol. The number of nitrogens with zero attached hydrogens (tertiary/aromatic N) is 2. The van der Waals surface area contributed by atoms with Crippen LogP contribution in [0.25, 0.3) is 0 Å². The Hall–Kier alpha value is -7.08. The van der Waals surface area contributed by atoms with Crippen LogP contribution >= 0.6 is 0 Å². The van der Waals surface area contributed by atoms with Gasteiger partial charge in [-0.05, 0) is 78.1 Å². The first-order valence-electron chi connectivity index (χ1n) is 23.7. The predicted octanol–water partition coefficient (Wildman–Crippen LogP) is 5.52. The molecule has 2 aliphatic heterocycles. The van der Waals surface area contributed by atoms with Gasteiger partial charge in [-0.2, -0.15) is 0 Å². The maximum atomic E-state index is 14.1. The van der Waals surface area contributed by atoms with Crippen LogP contribution in [-0.4, -0.2) is 96.6 Å². The van der Waals surface area contributed by atoms with Gasteiger partial charge in [-0.15, -0.1) is 0 Å². The molecule has 12 heteroatoms. The molecule has 0 radical (unpaired) electrons. The molecule has 9 rings (SSSR count). The van der Waals surface area contributed by atoms with Gasteiger partial charge in [-0.3, -0.25) is 28.8 Å². The fourth-order valence-corrected chi connectivity index (χ4v) is 10.0. The molecule has 4 fully saturated rings. The molecule has 0 spiro atoms. The minimum atomic E-state index is -0.744. The van der Waals surface area contributed by atoms with Crippen molar-refractivity contribution < 1.29 is 28.8 Å². The second-order valence-corrected chi connectivity index (χ2v) is 18.6. The zero-order valence-electron chi connectivity index (χ0n) is 37.6. The number of hydrogen-bond donors (Lipinski definition) is 4. The average molecular weight is 899 g/mol. The van der Waals surface area contributed by atoms with Crippen molar-refractivity contribution in [2.45, 2.75) is 56.0 Å². The third-order valence-corrected chi connectivity index (χ3v) is 14.0. The Morgan fingerprint density at radius 1 is 0.448 bits per heavy atom. The number of carbonyl (C=O) groups excluding carboxylic acids is 6. The summed E-state index contributed by atoms with van der Waals surface area (Å²) in [5.74, 6) is -3.40. The minimum Gasteiger partial charge on any atom is -0.355 e. The van der Waals surface area contributed by atoms with Gasteiger partial charge < -0.3 is 31.1 Å². The van der Waals surface area contributed by atoms with Crippen LogP contribution in [0.5, 0.6) is 0 Å². The SMILES string of the molecule is O=C(CC1CN(C(=O)c2ccc(C(=O)N3CC(C(=O)NCCc4ccccc4)[C@H](C(=O)NCCc4ccccc4)C3)cc2)C[C@H]1C(=O)NC1C[C@@H]1c1ccccc1)NC1C[C@@H]1c1ccccc1. The van der Waals surface area contributed by atoms with Crippen LogP contribution in [0.15, 0.2) is 146 Å². The number of benzene rings is 5. The second kappa shape index (κ2) is 20.6. The second-order valence-electron chi connectivity index (χ2n) is 18.6. The standard InChI is InChI=1S/C55H58N6O6/c62-50(58-48-30-43(48)38-17-9-3-10-18-38)29-42-32-60(33-45(42)53(65)59-49-31-44(49)39-19-11-4-12-20-39)54(66)40-21-23-41(24-22-40)55(67)61-34-46(51(63)56-27-25-36-13-5-1-6-14-36)47(35-61)52(64)57-28-26-37-15-7-2-8-16-37/h1-24,42-49H,25-35H2,(H,56,63)(H,57,64)(H,58,62)(H,59,65)/t42?,43-,44-,45-,46-,47?,48?,49?/m1/s1. The van der Waals surface area contributed by atoms with Crippen LogP contribution in [0.1, 0.15) is 74.1 Å². The van der Waals surface area contributed by atoms with E-state index < -0.39 is 17.8 Å². The van der Waals surface area contributed by atoms with E-state index in [4.69, 9.17) is 0 Å². The average Bonchev–Trinajstić information content (AvgIpc) is 4.21.